The number of hydrogen-bond donors (Lipinski definition) is 1. The second kappa shape index (κ2) is 6.02. The minimum atomic E-state index is -0.0104. The van der Waals surface area contributed by atoms with Gasteiger partial charge in [0, 0.05) is 10.4 Å². The van der Waals surface area contributed by atoms with Gasteiger partial charge in [-0.3, -0.25) is 4.79 Å². The van der Waals surface area contributed by atoms with E-state index in [-0.39, 0.29) is 16.8 Å². The van der Waals surface area contributed by atoms with Gasteiger partial charge < -0.3 is 5.32 Å². The van der Waals surface area contributed by atoms with Crippen molar-refractivity contribution in [2.75, 3.05) is 0 Å². The van der Waals surface area contributed by atoms with Crippen LogP contribution in [0.1, 0.15) is 40.0 Å². The fourth-order valence-corrected chi connectivity index (χ4v) is 3.60. The number of alkyl halides is 1. The van der Waals surface area contributed by atoms with E-state index in [4.69, 9.17) is 0 Å². The number of carbonyl (C=O) groups is 1. The van der Waals surface area contributed by atoms with Crippen LogP contribution in [0.25, 0.3) is 0 Å². The summed E-state index contributed by atoms with van der Waals surface area (Å²) in [5.74, 6) is -0.0104. The molecule has 3 rings (SSSR count). The summed E-state index contributed by atoms with van der Waals surface area (Å²) in [6.45, 7) is 2.11. The Bertz CT molecular complexity index is 651. The monoisotopic (exact) mass is 343 g/mol. The Morgan fingerprint density at radius 1 is 1.19 bits per heavy atom. The van der Waals surface area contributed by atoms with Crippen LogP contribution in [0.3, 0.4) is 0 Å². The molecule has 108 valence electrons. The zero-order valence-corrected chi connectivity index (χ0v) is 13.6. The van der Waals surface area contributed by atoms with Gasteiger partial charge in [-0.25, -0.2) is 0 Å². The van der Waals surface area contributed by atoms with Crippen LogP contribution in [-0.4, -0.2) is 10.7 Å². The SMILES string of the molecule is CCc1ccc(C(=O)NC2c3ccccc3CC2Br)cc1. The van der Waals surface area contributed by atoms with Crippen molar-refractivity contribution in [3.8, 4) is 0 Å². The van der Waals surface area contributed by atoms with Crippen LogP contribution in [0.2, 0.25) is 0 Å². The summed E-state index contributed by atoms with van der Waals surface area (Å²) in [4.78, 5) is 12.7. The molecule has 0 radical (unpaired) electrons. The number of hydrogen-bond acceptors (Lipinski definition) is 1. The smallest absolute Gasteiger partial charge is 0.251 e. The number of carbonyl (C=O) groups excluding carboxylic acids is 1. The van der Waals surface area contributed by atoms with Crippen molar-refractivity contribution < 1.29 is 4.79 Å². The third kappa shape index (κ3) is 2.88. The maximum Gasteiger partial charge on any atom is 0.251 e. The van der Waals surface area contributed by atoms with E-state index < -0.39 is 0 Å². The molecular weight excluding hydrogens is 326 g/mol. The van der Waals surface area contributed by atoms with E-state index in [1.807, 2.05) is 36.4 Å². The van der Waals surface area contributed by atoms with Gasteiger partial charge in [-0.2, -0.15) is 0 Å². The van der Waals surface area contributed by atoms with Crippen LogP contribution in [0.5, 0.6) is 0 Å². The Morgan fingerprint density at radius 2 is 1.90 bits per heavy atom. The average molecular weight is 344 g/mol. The highest BCUT2D eigenvalue weighted by Crippen LogP contribution is 2.35. The van der Waals surface area contributed by atoms with Crippen molar-refractivity contribution in [1.29, 1.82) is 0 Å². The maximum absolute atomic E-state index is 12.4. The summed E-state index contributed by atoms with van der Waals surface area (Å²) in [7, 11) is 0. The Balaban J connectivity index is 1.78. The molecule has 3 heteroatoms. The molecule has 0 bridgehead atoms. The lowest BCUT2D eigenvalue weighted by atomic mass is 10.1. The van der Waals surface area contributed by atoms with Crippen molar-refractivity contribution in [1.82, 2.24) is 5.32 Å². The number of halogens is 1. The molecule has 2 aromatic rings. The van der Waals surface area contributed by atoms with E-state index in [2.05, 4.69) is 40.3 Å². The zero-order valence-electron chi connectivity index (χ0n) is 12.0. The number of benzene rings is 2. The molecule has 2 unspecified atom stereocenters. The van der Waals surface area contributed by atoms with Crippen LogP contribution in [0.4, 0.5) is 0 Å². The van der Waals surface area contributed by atoms with E-state index in [1.165, 1.54) is 16.7 Å². The topological polar surface area (TPSA) is 29.1 Å². The molecular formula is C18H18BrNO. The Morgan fingerprint density at radius 3 is 2.62 bits per heavy atom. The fraction of sp³-hybridized carbons (Fsp3) is 0.278. The van der Waals surface area contributed by atoms with Gasteiger partial charge in [-0.15, -0.1) is 0 Å². The van der Waals surface area contributed by atoms with Gasteiger partial charge in [0.05, 0.1) is 6.04 Å². The fourth-order valence-electron chi connectivity index (χ4n) is 2.83. The van der Waals surface area contributed by atoms with Gasteiger partial charge >= 0.3 is 0 Å². The number of rotatable bonds is 3. The lowest BCUT2D eigenvalue weighted by molar-refractivity contribution is 0.0938. The molecule has 2 nitrogen and oxygen atoms in total. The number of aryl methyl sites for hydroxylation is 1. The molecule has 0 aromatic heterocycles. The molecule has 21 heavy (non-hydrogen) atoms. The minimum Gasteiger partial charge on any atom is -0.344 e. The highest BCUT2D eigenvalue weighted by atomic mass is 79.9. The largest absolute Gasteiger partial charge is 0.344 e. The summed E-state index contributed by atoms with van der Waals surface area (Å²) in [5.41, 5.74) is 4.50. The average Bonchev–Trinajstić information content (AvgIpc) is 2.83. The molecule has 0 fully saturated rings. The molecule has 0 saturated heterocycles. The van der Waals surface area contributed by atoms with Crippen molar-refractivity contribution in [3.05, 3.63) is 70.8 Å². The van der Waals surface area contributed by atoms with Crippen LogP contribution < -0.4 is 5.32 Å². The van der Waals surface area contributed by atoms with Crippen LogP contribution in [0.15, 0.2) is 48.5 Å². The molecule has 1 N–H and O–H groups in total. The molecule has 0 spiro atoms. The van der Waals surface area contributed by atoms with Gasteiger partial charge in [0.15, 0.2) is 0 Å². The van der Waals surface area contributed by atoms with E-state index in [9.17, 15) is 4.79 Å². The van der Waals surface area contributed by atoms with E-state index in [0.717, 1.165) is 18.4 Å². The Hall–Kier alpha value is -1.61. The first-order chi connectivity index (χ1) is 10.2. The summed E-state index contributed by atoms with van der Waals surface area (Å²) in [5, 5.41) is 3.15. The standard InChI is InChI=1S/C18H18BrNO/c1-2-12-7-9-13(10-8-12)18(21)20-17-15-6-4-3-5-14(15)11-16(17)19/h3-10,16-17H,2,11H2,1H3,(H,20,21). The molecule has 0 heterocycles. The van der Waals surface area contributed by atoms with Crippen LogP contribution in [0, 0.1) is 0 Å². The third-order valence-corrected chi connectivity index (χ3v) is 4.93. The third-order valence-electron chi connectivity index (χ3n) is 4.08. The summed E-state index contributed by atoms with van der Waals surface area (Å²) in [6, 6.07) is 16.2. The summed E-state index contributed by atoms with van der Waals surface area (Å²) < 4.78 is 0. The quantitative estimate of drug-likeness (QED) is 0.837. The minimum absolute atomic E-state index is 0.0104. The Kier molecular flexibility index (Phi) is 4.11. The second-order valence-electron chi connectivity index (χ2n) is 5.42. The first-order valence-corrected chi connectivity index (χ1v) is 8.22. The first-order valence-electron chi connectivity index (χ1n) is 7.30. The van der Waals surface area contributed by atoms with E-state index in [0.29, 0.717) is 0 Å². The first kappa shape index (κ1) is 14.3. The van der Waals surface area contributed by atoms with Gasteiger partial charge in [0.2, 0.25) is 0 Å². The predicted octanol–water partition coefficient (Wildman–Crippen LogP) is 4.04. The molecule has 0 aliphatic heterocycles. The zero-order chi connectivity index (χ0) is 14.8. The van der Waals surface area contributed by atoms with Crippen molar-refractivity contribution >= 4 is 21.8 Å². The van der Waals surface area contributed by atoms with E-state index in [1.54, 1.807) is 0 Å². The number of fused-ring (bicyclic) bond motifs is 1. The lowest BCUT2D eigenvalue weighted by Crippen LogP contribution is -2.31. The lowest BCUT2D eigenvalue weighted by Gasteiger charge is -2.18. The molecule has 1 aliphatic carbocycles. The highest BCUT2D eigenvalue weighted by Gasteiger charge is 2.31. The van der Waals surface area contributed by atoms with Crippen molar-refractivity contribution in [2.45, 2.75) is 30.6 Å². The number of amides is 1. The van der Waals surface area contributed by atoms with Gasteiger partial charge in [-0.05, 0) is 41.7 Å². The number of nitrogens with one attached hydrogen (secondary N) is 1. The molecule has 2 atom stereocenters. The maximum atomic E-state index is 12.4. The van der Waals surface area contributed by atoms with E-state index >= 15 is 0 Å². The van der Waals surface area contributed by atoms with Crippen LogP contribution in [-0.2, 0) is 12.8 Å². The summed E-state index contributed by atoms with van der Waals surface area (Å²) in [6.07, 6.45) is 1.94. The normalized spacial score (nSPS) is 20.1. The van der Waals surface area contributed by atoms with Crippen LogP contribution >= 0.6 is 15.9 Å². The van der Waals surface area contributed by atoms with Gasteiger partial charge in [0.1, 0.15) is 0 Å². The van der Waals surface area contributed by atoms with Crippen molar-refractivity contribution in [3.63, 3.8) is 0 Å². The molecule has 1 amide bonds. The predicted molar refractivity (Wildman–Crippen MR) is 88.9 cm³/mol. The highest BCUT2D eigenvalue weighted by molar-refractivity contribution is 9.09. The Labute approximate surface area is 133 Å². The molecule has 2 aromatic carbocycles. The summed E-state index contributed by atoms with van der Waals surface area (Å²) >= 11 is 3.69. The second-order valence-corrected chi connectivity index (χ2v) is 6.60. The van der Waals surface area contributed by atoms with Crippen molar-refractivity contribution in [2.24, 2.45) is 0 Å². The van der Waals surface area contributed by atoms with Gasteiger partial charge in [0.25, 0.3) is 5.91 Å². The molecule has 1 aliphatic rings. The van der Waals surface area contributed by atoms with Gasteiger partial charge in [-0.1, -0.05) is 59.3 Å². The molecule has 0 saturated carbocycles.